The van der Waals surface area contributed by atoms with E-state index in [1.165, 1.54) is 4.90 Å². The number of amides is 3. The minimum absolute atomic E-state index is 0.0933. The molecule has 0 unspecified atom stereocenters. The molecule has 8 heteroatoms. The normalized spacial score (nSPS) is 19.9. The lowest BCUT2D eigenvalue weighted by Crippen LogP contribution is -2.57. The van der Waals surface area contributed by atoms with Crippen molar-refractivity contribution in [3.8, 4) is 0 Å². The number of nitrogens with zero attached hydrogens (tertiary/aromatic N) is 5. The molecule has 2 aromatic rings. The van der Waals surface area contributed by atoms with Gasteiger partial charge < -0.3 is 9.64 Å². The zero-order valence-corrected chi connectivity index (χ0v) is 16.3. The van der Waals surface area contributed by atoms with Crippen LogP contribution in [0.2, 0.25) is 0 Å². The Morgan fingerprint density at radius 2 is 1.89 bits per heavy atom. The Bertz CT molecular complexity index is 889. The number of likely N-dealkylation sites (tertiary alicyclic amines) is 1. The number of piperidine rings is 1. The molecule has 148 valence electrons. The van der Waals surface area contributed by atoms with Crippen molar-refractivity contribution in [3.63, 3.8) is 0 Å². The fraction of sp³-hybridized carbons (Fsp3) is 0.500. The fourth-order valence-electron chi connectivity index (χ4n) is 4.36. The summed E-state index contributed by atoms with van der Waals surface area (Å²) in [5, 5.41) is 0. The van der Waals surface area contributed by atoms with Crippen LogP contribution in [0, 0.1) is 0 Å². The number of hydrogen-bond acceptors (Lipinski definition) is 6. The molecule has 2 saturated heterocycles. The van der Waals surface area contributed by atoms with Gasteiger partial charge in [0, 0.05) is 52.7 Å². The molecule has 1 spiro atoms. The van der Waals surface area contributed by atoms with E-state index in [0.717, 1.165) is 36.2 Å². The monoisotopic (exact) mass is 383 g/mol. The highest BCUT2D eigenvalue weighted by molar-refractivity contribution is 6.06. The molecule has 28 heavy (non-hydrogen) atoms. The van der Waals surface area contributed by atoms with Crippen molar-refractivity contribution >= 4 is 23.0 Å². The third-order valence-electron chi connectivity index (χ3n) is 5.92. The van der Waals surface area contributed by atoms with Gasteiger partial charge in [-0.2, -0.15) is 0 Å². The number of fused-ring (bicyclic) bond motifs is 1. The van der Waals surface area contributed by atoms with Crippen molar-refractivity contribution in [2.75, 3.05) is 40.4 Å². The molecule has 4 rings (SSSR count). The molecule has 2 aliphatic heterocycles. The maximum Gasteiger partial charge on any atom is 0.327 e. The SMILES string of the molecule is COCCN1C(=O)N(C)C(=O)C12CCN(Cc1cccc3nccnc13)CC2. The first-order valence-electron chi connectivity index (χ1n) is 9.56. The quantitative estimate of drug-likeness (QED) is 0.728. The number of hydrogen-bond donors (Lipinski definition) is 0. The maximum atomic E-state index is 12.9. The summed E-state index contributed by atoms with van der Waals surface area (Å²) in [4.78, 5) is 39.6. The van der Waals surface area contributed by atoms with E-state index >= 15 is 0 Å². The van der Waals surface area contributed by atoms with Gasteiger partial charge in [0.05, 0.1) is 17.6 Å². The zero-order valence-electron chi connectivity index (χ0n) is 16.3. The van der Waals surface area contributed by atoms with E-state index in [9.17, 15) is 9.59 Å². The number of imide groups is 1. The van der Waals surface area contributed by atoms with Crippen molar-refractivity contribution < 1.29 is 14.3 Å². The van der Waals surface area contributed by atoms with Crippen molar-refractivity contribution in [1.29, 1.82) is 0 Å². The summed E-state index contributed by atoms with van der Waals surface area (Å²) in [5.74, 6) is -0.0933. The van der Waals surface area contributed by atoms with Crippen molar-refractivity contribution in [3.05, 3.63) is 36.2 Å². The third kappa shape index (κ3) is 3.02. The molecule has 0 saturated carbocycles. The van der Waals surface area contributed by atoms with Gasteiger partial charge in [-0.3, -0.25) is 24.6 Å². The molecular formula is C20H25N5O3. The van der Waals surface area contributed by atoms with Crippen molar-refractivity contribution in [1.82, 2.24) is 24.7 Å². The highest BCUT2D eigenvalue weighted by Crippen LogP contribution is 2.37. The van der Waals surface area contributed by atoms with E-state index in [1.54, 1.807) is 31.5 Å². The average molecular weight is 383 g/mol. The minimum Gasteiger partial charge on any atom is -0.383 e. The number of rotatable bonds is 5. The molecule has 2 fully saturated rings. The Kier molecular flexibility index (Phi) is 4.99. The molecule has 0 bridgehead atoms. The van der Waals surface area contributed by atoms with E-state index in [4.69, 9.17) is 4.74 Å². The summed E-state index contributed by atoms with van der Waals surface area (Å²) in [6.07, 6.45) is 4.66. The lowest BCUT2D eigenvalue weighted by molar-refractivity contribution is -0.135. The molecule has 3 amide bonds. The van der Waals surface area contributed by atoms with Crippen LogP contribution in [0.1, 0.15) is 18.4 Å². The summed E-state index contributed by atoms with van der Waals surface area (Å²) in [6, 6.07) is 5.81. The standard InChI is InChI=1S/C20H25N5O3/c1-23-18(26)20(25(19(23)27)12-13-28-2)6-10-24(11-7-20)14-15-4-3-5-16-17(15)22-9-8-21-16/h3-5,8-9H,6-7,10-14H2,1-2H3. The number of aromatic nitrogens is 2. The molecule has 0 aliphatic carbocycles. The first kappa shape index (κ1) is 18.8. The van der Waals surface area contributed by atoms with Crippen LogP contribution in [0.3, 0.4) is 0 Å². The van der Waals surface area contributed by atoms with Gasteiger partial charge in [-0.25, -0.2) is 4.79 Å². The second-order valence-electron chi connectivity index (χ2n) is 7.44. The molecule has 2 aliphatic rings. The second-order valence-corrected chi connectivity index (χ2v) is 7.44. The first-order valence-corrected chi connectivity index (χ1v) is 9.56. The molecule has 0 atom stereocenters. The maximum absolute atomic E-state index is 12.9. The summed E-state index contributed by atoms with van der Waals surface area (Å²) < 4.78 is 5.15. The lowest BCUT2D eigenvalue weighted by atomic mass is 9.85. The lowest BCUT2D eigenvalue weighted by Gasteiger charge is -2.42. The number of methoxy groups -OCH3 is 1. The number of para-hydroxylation sites is 1. The van der Waals surface area contributed by atoms with Gasteiger partial charge in [-0.1, -0.05) is 12.1 Å². The van der Waals surface area contributed by atoms with Crippen molar-refractivity contribution in [2.45, 2.75) is 24.9 Å². The summed E-state index contributed by atoms with van der Waals surface area (Å²) >= 11 is 0. The van der Waals surface area contributed by atoms with Gasteiger partial charge in [-0.15, -0.1) is 0 Å². The Balaban J connectivity index is 1.50. The van der Waals surface area contributed by atoms with Gasteiger partial charge in [0.25, 0.3) is 5.91 Å². The highest BCUT2D eigenvalue weighted by Gasteiger charge is 2.56. The molecular weight excluding hydrogens is 358 g/mol. The average Bonchev–Trinajstić information content (AvgIpc) is 2.89. The van der Waals surface area contributed by atoms with Gasteiger partial charge in [-0.05, 0) is 24.5 Å². The molecule has 1 aromatic heterocycles. The smallest absolute Gasteiger partial charge is 0.327 e. The van der Waals surface area contributed by atoms with Crippen LogP contribution >= 0.6 is 0 Å². The Morgan fingerprint density at radius 3 is 2.64 bits per heavy atom. The van der Waals surface area contributed by atoms with Gasteiger partial charge >= 0.3 is 6.03 Å². The van der Waals surface area contributed by atoms with Gasteiger partial charge in [0.15, 0.2) is 0 Å². The Morgan fingerprint density at radius 1 is 1.14 bits per heavy atom. The molecule has 1 aromatic carbocycles. The molecule has 3 heterocycles. The Labute approximate surface area is 164 Å². The largest absolute Gasteiger partial charge is 0.383 e. The van der Waals surface area contributed by atoms with Crippen LogP contribution in [-0.2, 0) is 16.1 Å². The predicted octanol–water partition coefficient (Wildman–Crippen LogP) is 1.50. The number of ether oxygens (including phenoxy) is 1. The molecule has 0 N–H and O–H groups in total. The number of likely N-dealkylation sites (N-methyl/N-ethyl adjacent to an activating group) is 1. The predicted molar refractivity (Wildman–Crippen MR) is 104 cm³/mol. The van der Waals surface area contributed by atoms with E-state index in [1.807, 2.05) is 12.1 Å². The van der Waals surface area contributed by atoms with Crippen LogP contribution in [0.15, 0.2) is 30.6 Å². The minimum atomic E-state index is -0.737. The zero-order chi connectivity index (χ0) is 19.7. The van der Waals surface area contributed by atoms with Gasteiger partial charge in [0.2, 0.25) is 0 Å². The highest BCUT2D eigenvalue weighted by atomic mass is 16.5. The summed E-state index contributed by atoms with van der Waals surface area (Å²) in [6.45, 7) is 3.10. The Hall–Kier alpha value is -2.58. The van der Waals surface area contributed by atoms with E-state index < -0.39 is 5.54 Å². The summed E-state index contributed by atoms with van der Waals surface area (Å²) in [5.41, 5.74) is 2.19. The van der Waals surface area contributed by atoms with E-state index in [-0.39, 0.29) is 11.9 Å². The topological polar surface area (TPSA) is 78.9 Å². The third-order valence-corrected chi connectivity index (χ3v) is 5.92. The summed E-state index contributed by atoms with van der Waals surface area (Å²) in [7, 11) is 3.18. The van der Waals surface area contributed by atoms with Crippen LogP contribution < -0.4 is 0 Å². The second kappa shape index (κ2) is 7.44. The van der Waals surface area contributed by atoms with Crippen LogP contribution in [0.4, 0.5) is 4.79 Å². The number of carbonyl (C=O) groups is 2. The van der Waals surface area contributed by atoms with Crippen molar-refractivity contribution in [2.24, 2.45) is 0 Å². The number of carbonyl (C=O) groups excluding carboxylic acids is 2. The number of urea groups is 1. The molecule has 8 nitrogen and oxygen atoms in total. The van der Waals surface area contributed by atoms with Crippen LogP contribution in [0.25, 0.3) is 11.0 Å². The van der Waals surface area contributed by atoms with Crippen LogP contribution in [-0.4, -0.2) is 82.5 Å². The fourth-order valence-corrected chi connectivity index (χ4v) is 4.36. The molecule has 0 radical (unpaired) electrons. The van der Waals surface area contributed by atoms with E-state index in [2.05, 4.69) is 20.9 Å². The van der Waals surface area contributed by atoms with Crippen LogP contribution in [0.5, 0.6) is 0 Å². The van der Waals surface area contributed by atoms with E-state index in [0.29, 0.717) is 26.0 Å². The van der Waals surface area contributed by atoms with Gasteiger partial charge in [0.1, 0.15) is 5.54 Å². The first-order chi connectivity index (χ1) is 13.6. The number of benzene rings is 1.